The van der Waals surface area contributed by atoms with Crippen LogP contribution >= 0.6 is 11.3 Å². The van der Waals surface area contributed by atoms with Crippen molar-refractivity contribution in [1.29, 1.82) is 0 Å². The highest BCUT2D eigenvalue weighted by Crippen LogP contribution is 2.40. The molecule has 160 valence electrons. The molecular weight excluding hydrogens is 406 g/mol. The summed E-state index contributed by atoms with van der Waals surface area (Å²) >= 11 is 1.52. The van der Waals surface area contributed by atoms with Crippen LogP contribution in [-0.4, -0.2) is 18.5 Å². The van der Waals surface area contributed by atoms with Crippen molar-refractivity contribution in [3.63, 3.8) is 0 Å². The molecule has 0 fully saturated rings. The molecule has 0 bridgehead atoms. The van der Waals surface area contributed by atoms with E-state index in [9.17, 15) is 9.59 Å². The Balaban J connectivity index is 1.58. The lowest BCUT2D eigenvalue weighted by Gasteiger charge is -2.18. The molecule has 0 saturated carbocycles. The second-order valence-electron chi connectivity index (χ2n) is 8.09. The number of hydrogen-bond acceptors (Lipinski definition) is 4. The number of rotatable bonds is 6. The average molecular weight is 434 g/mol. The van der Waals surface area contributed by atoms with E-state index >= 15 is 0 Å². The van der Waals surface area contributed by atoms with Gasteiger partial charge < -0.3 is 10.1 Å². The van der Waals surface area contributed by atoms with E-state index in [1.165, 1.54) is 16.2 Å². The third kappa shape index (κ3) is 4.72. The fourth-order valence-corrected chi connectivity index (χ4v) is 5.34. The first-order valence-corrected chi connectivity index (χ1v) is 11.7. The Morgan fingerprint density at radius 2 is 1.77 bits per heavy atom. The number of carbonyl (C=O) groups is 2. The summed E-state index contributed by atoms with van der Waals surface area (Å²) in [6.45, 7) is 4.58. The minimum Gasteiger partial charge on any atom is -0.462 e. The molecule has 1 atom stereocenters. The third-order valence-corrected chi connectivity index (χ3v) is 6.80. The van der Waals surface area contributed by atoms with Gasteiger partial charge in [0.15, 0.2) is 0 Å². The Morgan fingerprint density at radius 1 is 1.06 bits per heavy atom. The van der Waals surface area contributed by atoms with Gasteiger partial charge in [-0.3, -0.25) is 4.79 Å². The summed E-state index contributed by atoms with van der Waals surface area (Å²) in [5, 5.41) is 3.60. The number of carbonyl (C=O) groups excluding carboxylic acids is 2. The Kier molecular flexibility index (Phi) is 6.52. The molecule has 0 unspecified atom stereocenters. The monoisotopic (exact) mass is 433 g/mol. The number of nitrogens with one attached hydrogen (secondary N) is 1. The number of anilines is 1. The van der Waals surface area contributed by atoms with Gasteiger partial charge in [0.1, 0.15) is 5.00 Å². The molecule has 2 aromatic carbocycles. The molecule has 5 heteroatoms. The second-order valence-corrected chi connectivity index (χ2v) is 9.19. The maximum Gasteiger partial charge on any atom is 0.341 e. The molecule has 1 N–H and O–H groups in total. The summed E-state index contributed by atoms with van der Waals surface area (Å²) < 4.78 is 5.44. The van der Waals surface area contributed by atoms with Crippen LogP contribution in [0.5, 0.6) is 0 Å². The van der Waals surface area contributed by atoms with Gasteiger partial charge in [-0.2, -0.15) is 0 Å². The van der Waals surface area contributed by atoms with Crippen molar-refractivity contribution in [3.8, 4) is 11.1 Å². The van der Waals surface area contributed by atoms with E-state index in [2.05, 4.69) is 12.2 Å². The van der Waals surface area contributed by atoms with E-state index in [0.717, 1.165) is 42.4 Å². The molecule has 4 nitrogen and oxygen atoms in total. The van der Waals surface area contributed by atoms with Crippen LogP contribution in [0.3, 0.4) is 0 Å². The lowest BCUT2D eigenvalue weighted by Crippen LogP contribution is -2.17. The highest BCUT2D eigenvalue weighted by Gasteiger charge is 2.29. The first kappa shape index (κ1) is 21.3. The smallest absolute Gasteiger partial charge is 0.341 e. The van der Waals surface area contributed by atoms with E-state index in [4.69, 9.17) is 4.74 Å². The van der Waals surface area contributed by atoms with Crippen LogP contribution in [0.1, 0.15) is 57.8 Å². The second kappa shape index (κ2) is 9.48. The number of fused-ring (bicyclic) bond motifs is 1. The number of benzene rings is 2. The van der Waals surface area contributed by atoms with Gasteiger partial charge in [0.2, 0.25) is 0 Å². The molecule has 4 rings (SSSR count). The molecule has 1 aromatic heterocycles. The third-order valence-electron chi connectivity index (χ3n) is 5.63. The van der Waals surface area contributed by atoms with Crippen molar-refractivity contribution in [2.24, 2.45) is 5.92 Å². The quantitative estimate of drug-likeness (QED) is 0.460. The number of esters is 1. The van der Waals surface area contributed by atoms with Crippen molar-refractivity contribution in [1.82, 2.24) is 0 Å². The van der Waals surface area contributed by atoms with E-state index in [1.54, 1.807) is 0 Å². The van der Waals surface area contributed by atoms with Crippen LogP contribution in [0.2, 0.25) is 0 Å². The van der Waals surface area contributed by atoms with Crippen molar-refractivity contribution in [3.05, 3.63) is 76.2 Å². The molecule has 1 aliphatic rings. The summed E-state index contributed by atoms with van der Waals surface area (Å²) in [6, 6.07) is 17.6. The molecule has 0 saturated heterocycles. The van der Waals surface area contributed by atoms with E-state index in [1.807, 2.05) is 61.5 Å². The molecule has 31 heavy (non-hydrogen) atoms. The Hall–Kier alpha value is -2.92. The zero-order valence-corrected chi connectivity index (χ0v) is 18.8. The summed E-state index contributed by atoms with van der Waals surface area (Å²) in [7, 11) is 0. The molecule has 3 aromatic rings. The maximum atomic E-state index is 13.0. The predicted octanol–water partition coefficient (Wildman–Crippen LogP) is 6.36. The molecule has 0 radical (unpaired) electrons. The molecule has 1 aliphatic carbocycles. The van der Waals surface area contributed by atoms with E-state index < -0.39 is 0 Å². The van der Waals surface area contributed by atoms with Gasteiger partial charge in [0, 0.05) is 10.4 Å². The maximum absolute atomic E-state index is 13.0. The van der Waals surface area contributed by atoms with Crippen molar-refractivity contribution in [2.75, 3.05) is 11.9 Å². The topological polar surface area (TPSA) is 55.4 Å². The van der Waals surface area contributed by atoms with Gasteiger partial charge in [-0.1, -0.05) is 56.3 Å². The van der Waals surface area contributed by atoms with Gasteiger partial charge in [-0.25, -0.2) is 4.79 Å². The van der Waals surface area contributed by atoms with E-state index in [0.29, 0.717) is 28.7 Å². The summed E-state index contributed by atoms with van der Waals surface area (Å²) in [5.41, 5.74) is 4.33. The van der Waals surface area contributed by atoms with Crippen molar-refractivity contribution in [2.45, 2.75) is 39.5 Å². The summed E-state index contributed by atoms with van der Waals surface area (Å²) in [6.07, 6.45) is 3.61. The van der Waals surface area contributed by atoms with Gasteiger partial charge in [0.25, 0.3) is 5.91 Å². The van der Waals surface area contributed by atoms with Gasteiger partial charge >= 0.3 is 5.97 Å². The lowest BCUT2D eigenvalue weighted by atomic mass is 9.88. The van der Waals surface area contributed by atoms with Crippen LogP contribution in [0.4, 0.5) is 5.00 Å². The first-order chi connectivity index (χ1) is 15.1. The first-order valence-electron chi connectivity index (χ1n) is 10.8. The summed E-state index contributed by atoms with van der Waals surface area (Å²) in [4.78, 5) is 27.0. The zero-order valence-electron chi connectivity index (χ0n) is 17.9. The number of thiophene rings is 1. The normalized spacial score (nSPS) is 15.2. The van der Waals surface area contributed by atoms with Crippen molar-refractivity contribution < 1.29 is 14.3 Å². The van der Waals surface area contributed by atoms with Crippen LogP contribution < -0.4 is 5.32 Å². The largest absolute Gasteiger partial charge is 0.462 e. The molecule has 0 aliphatic heterocycles. The van der Waals surface area contributed by atoms with Gasteiger partial charge in [-0.05, 0) is 60.4 Å². The number of hydrogen-bond donors (Lipinski definition) is 1. The van der Waals surface area contributed by atoms with Gasteiger partial charge in [-0.15, -0.1) is 11.3 Å². The molecule has 0 spiro atoms. The molecular formula is C26H27NO3S. The van der Waals surface area contributed by atoms with Crippen LogP contribution in [-0.2, 0) is 17.6 Å². The number of ether oxygens (including phenoxy) is 1. The Labute approximate surface area is 187 Å². The SMILES string of the molecule is CCCOC(=O)c1c(NC(=O)c2ccc(-c3ccccc3)cc2)sc2c1CC[C@@H](C)C2. The van der Waals surface area contributed by atoms with Crippen LogP contribution in [0, 0.1) is 5.92 Å². The van der Waals surface area contributed by atoms with Crippen LogP contribution in [0.25, 0.3) is 11.1 Å². The zero-order chi connectivity index (χ0) is 21.8. The minimum atomic E-state index is -0.330. The Bertz CT molecular complexity index is 1070. The van der Waals surface area contributed by atoms with Gasteiger partial charge in [0.05, 0.1) is 12.2 Å². The fourth-order valence-electron chi connectivity index (χ4n) is 3.94. The standard InChI is InChI=1S/C26H27NO3S/c1-3-15-30-26(29)23-21-14-9-17(2)16-22(21)31-25(23)27-24(28)20-12-10-19(11-13-20)18-7-5-4-6-8-18/h4-8,10-13,17H,3,9,14-16H2,1-2H3,(H,27,28)/t17-/m1/s1. The van der Waals surface area contributed by atoms with Crippen molar-refractivity contribution >= 4 is 28.2 Å². The lowest BCUT2D eigenvalue weighted by molar-refractivity contribution is 0.0505. The molecule has 1 amide bonds. The average Bonchev–Trinajstić information content (AvgIpc) is 3.15. The summed E-state index contributed by atoms with van der Waals surface area (Å²) in [5.74, 6) is 0.0409. The van der Waals surface area contributed by atoms with Crippen LogP contribution in [0.15, 0.2) is 54.6 Å². The Morgan fingerprint density at radius 3 is 2.48 bits per heavy atom. The fraction of sp³-hybridized carbons (Fsp3) is 0.308. The highest BCUT2D eigenvalue weighted by molar-refractivity contribution is 7.17. The number of amides is 1. The van der Waals surface area contributed by atoms with E-state index in [-0.39, 0.29) is 11.9 Å². The molecule has 1 heterocycles. The minimum absolute atomic E-state index is 0.212. The highest BCUT2D eigenvalue weighted by atomic mass is 32.1. The predicted molar refractivity (Wildman–Crippen MR) is 126 cm³/mol.